The number of carbonyl (C=O) groups is 1. The highest BCUT2D eigenvalue weighted by Crippen LogP contribution is 2.39. The third-order valence-electron chi connectivity index (χ3n) is 5.71. The van der Waals surface area contributed by atoms with Gasteiger partial charge in [-0.25, -0.2) is 0 Å². The van der Waals surface area contributed by atoms with Crippen molar-refractivity contribution in [1.82, 2.24) is 0 Å². The third kappa shape index (κ3) is 5.23. The molecule has 1 heteroatoms. The predicted molar refractivity (Wildman–Crippen MR) is 124 cm³/mol. The minimum absolute atomic E-state index is 0.0500. The number of Topliss-reactive ketones (excluding diaryl/α,β-unsaturated/α-hetero) is 1. The lowest BCUT2D eigenvalue weighted by Gasteiger charge is -2.23. The van der Waals surface area contributed by atoms with Crippen LogP contribution in [0.15, 0.2) is 85.0 Å². The van der Waals surface area contributed by atoms with E-state index in [1.54, 1.807) is 0 Å². The lowest BCUT2D eigenvalue weighted by molar-refractivity contribution is -0.118. The van der Waals surface area contributed by atoms with Gasteiger partial charge in [-0.3, -0.25) is 4.79 Å². The van der Waals surface area contributed by atoms with Gasteiger partial charge in [0.2, 0.25) is 0 Å². The fourth-order valence-electron chi connectivity index (χ4n) is 4.25. The summed E-state index contributed by atoms with van der Waals surface area (Å²) in [6.07, 6.45) is 9.27. The van der Waals surface area contributed by atoms with E-state index in [9.17, 15) is 4.79 Å². The fraction of sp³-hybridized carbons (Fsp3) is 0.321. The Balaban J connectivity index is 1.64. The maximum atomic E-state index is 12.8. The summed E-state index contributed by atoms with van der Waals surface area (Å²) in [5.74, 6) is 0.651. The standard InChI is InChI=1S/C28H32O/c1-5-11-25-22(17-19-26(25)21-12-7-6-8-13-21)16-18-24(29)20-23-14-9-10-15-27(23)28(2,3)4/h5-10,12-15,17,19,25H,1,11,16,18,20H2,2-4H3. The van der Waals surface area contributed by atoms with Crippen LogP contribution in [-0.4, -0.2) is 5.78 Å². The highest BCUT2D eigenvalue weighted by atomic mass is 16.1. The Morgan fingerprint density at radius 3 is 2.38 bits per heavy atom. The Kier molecular flexibility index (Phi) is 6.69. The summed E-state index contributed by atoms with van der Waals surface area (Å²) in [5, 5.41) is 0. The second-order valence-corrected chi connectivity index (χ2v) is 8.93. The second kappa shape index (κ2) is 9.22. The molecule has 1 nitrogen and oxygen atoms in total. The molecule has 0 bridgehead atoms. The van der Waals surface area contributed by atoms with E-state index in [4.69, 9.17) is 0 Å². The Morgan fingerprint density at radius 2 is 1.69 bits per heavy atom. The molecular formula is C28H32O. The zero-order chi connectivity index (χ0) is 20.9. The summed E-state index contributed by atoms with van der Waals surface area (Å²) in [5.41, 5.74) is 6.43. The number of carbonyl (C=O) groups excluding carboxylic acids is 1. The Labute approximate surface area is 175 Å². The molecule has 2 aromatic rings. The Bertz CT molecular complexity index is 922. The smallest absolute Gasteiger partial charge is 0.137 e. The fourth-order valence-corrected chi connectivity index (χ4v) is 4.25. The molecule has 0 spiro atoms. The van der Waals surface area contributed by atoms with Crippen LogP contribution < -0.4 is 0 Å². The normalized spacial score (nSPS) is 16.3. The first-order chi connectivity index (χ1) is 13.9. The number of hydrogen-bond donors (Lipinski definition) is 0. The Morgan fingerprint density at radius 1 is 1.00 bits per heavy atom. The topological polar surface area (TPSA) is 17.1 Å². The van der Waals surface area contributed by atoms with Crippen LogP contribution in [0.25, 0.3) is 5.57 Å². The second-order valence-electron chi connectivity index (χ2n) is 8.93. The molecule has 0 aliphatic heterocycles. The van der Waals surface area contributed by atoms with E-state index < -0.39 is 0 Å². The van der Waals surface area contributed by atoms with E-state index in [2.05, 4.69) is 82.0 Å². The predicted octanol–water partition coefficient (Wildman–Crippen LogP) is 7.09. The van der Waals surface area contributed by atoms with Crippen LogP contribution in [0.3, 0.4) is 0 Å². The number of benzene rings is 2. The van der Waals surface area contributed by atoms with Crippen molar-refractivity contribution in [1.29, 1.82) is 0 Å². The summed E-state index contributed by atoms with van der Waals surface area (Å²) in [7, 11) is 0. The van der Waals surface area contributed by atoms with Gasteiger partial charge in [-0.15, -0.1) is 6.58 Å². The molecule has 0 radical (unpaired) electrons. The summed E-state index contributed by atoms with van der Waals surface area (Å²) in [4.78, 5) is 12.8. The number of hydrogen-bond acceptors (Lipinski definition) is 1. The zero-order valence-electron chi connectivity index (χ0n) is 17.9. The summed E-state index contributed by atoms with van der Waals surface area (Å²) >= 11 is 0. The summed E-state index contributed by atoms with van der Waals surface area (Å²) in [6.45, 7) is 10.6. The van der Waals surface area contributed by atoms with Crippen molar-refractivity contribution in [2.75, 3.05) is 0 Å². The third-order valence-corrected chi connectivity index (χ3v) is 5.71. The van der Waals surface area contributed by atoms with Gasteiger partial charge in [-0.2, -0.15) is 0 Å². The van der Waals surface area contributed by atoms with Crippen LogP contribution in [0.2, 0.25) is 0 Å². The van der Waals surface area contributed by atoms with Gasteiger partial charge in [-0.1, -0.05) is 99.2 Å². The van der Waals surface area contributed by atoms with E-state index in [1.807, 2.05) is 18.2 Å². The maximum absolute atomic E-state index is 12.8. The first-order valence-corrected chi connectivity index (χ1v) is 10.6. The molecule has 3 rings (SSSR count). The average molecular weight is 385 g/mol. The first-order valence-electron chi connectivity index (χ1n) is 10.6. The van der Waals surface area contributed by atoms with Gasteiger partial charge in [0, 0.05) is 18.8 Å². The first kappa shape index (κ1) is 21.0. The zero-order valence-corrected chi connectivity index (χ0v) is 17.9. The van der Waals surface area contributed by atoms with Gasteiger partial charge in [-0.05, 0) is 40.5 Å². The largest absolute Gasteiger partial charge is 0.299 e. The van der Waals surface area contributed by atoms with Gasteiger partial charge >= 0.3 is 0 Å². The molecule has 150 valence electrons. The molecule has 1 unspecified atom stereocenters. The minimum Gasteiger partial charge on any atom is -0.299 e. The van der Waals surface area contributed by atoms with Gasteiger partial charge in [0.1, 0.15) is 5.78 Å². The monoisotopic (exact) mass is 384 g/mol. The number of allylic oxidation sites excluding steroid dienone is 5. The van der Waals surface area contributed by atoms with Gasteiger partial charge in [0.15, 0.2) is 0 Å². The molecule has 0 aromatic heterocycles. The van der Waals surface area contributed by atoms with Crippen molar-refractivity contribution < 1.29 is 4.79 Å². The number of ketones is 1. The maximum Gasteiger partial charge on any atom is 0.137 e. The molecule has 0 heterocycles. The van der Waals surface area contributed by atoms with Crippen molar-refractivity contribution >= 4 is 11.4 Å². The van der Waals surface area contributed by atoms with Crippen molar-refractivity contribution in [2.45, 2.75) is 51.9 Å². The molecule has 1 atom stereocenters. The van der Waals surface area contributed by atoms with Gasteiger partial charge in [0.05, 0.1) is 0 Å². The average Bonchev–Trinajstić information content (AvgIpc) is 3.10. The van der Waals surface area contributed by atoms with E-state index in [-0.39, 0.29) is 5.41 Å². The van der Waals surface area contributed by atoms with Crippen LogP contribution in [0.5, 0.6) is 0 Å². The van der Waals surface area contributed by atoms with Gasteiger partial charge in [0.25, 0.3) is 0 Å². The lowest BCUT2D eigenvalue weighted by atomic mass is 9.82. The molecular weight excluding hydrogens is 352 g/mol. The van der Waals surface area contributed by atoms with Crippen LogP contribution in [0.4, 0.5) is 0 Å². The molecule has 29 heavy (non-hydrogen) atoms. The SMILES string of the molecule is C=CCC1C(CCC(=O)Cc2ccccc2C(C)(C)C)=CC=C1c1ccccc1. The molecule has 0 saturated carbocycles. The summed E-state index contributed by atoms with van der Waals surface area (Å²) < 4.78 is 0. The molecule has 0 amide bonds. The van der Waals surface area contributed by atoms with E-state index in [1.165, 1.54) is 22.3 Å². The lowest BCUT2D eigenvalue weighted by Crippen LogP contribution is -2.16. The minimum atomic E-state index is 0.0500. The van der Waals surface area contributed by atoms with Gasteiger partial charge < -0.3 is 0 Å². The molecule has 0 saturated heterocycles. The van der Waals surface area contributed by atoms with Crippen molar-refractivity contribution in [3.63, 3.8) is 0 Å². The van der Waals surface area contributed by atoms with Crippen molar-refractivity contribution in [3.8, 4) is 0 Å². The van der Waals surface area contributed by atoms with Crippen molar-refractivity contribution in [3.05, 3.63) is 102 Å². The molecule has 1 aliphatic rings. The van der Waals surface area contributed by atoms with E-state index >= 15 is 0 Å². The highest BCUT2D eigenvalue weighted by molar-refractivity contribution is 5.82. The summed E-state index contributed by atoms with van der Waals surface area (Å²) in [6, 6.07) is 18.9. The Hall–Kier alpha value is -2.67. The quantitative estimate of drug-likeness (QED) is 0.444. The van der Waals surface area contributed by atoms with Crippen LogP contribution in [-0.2, 0) is 16.6 Å². The molecule has 0 N–H and O–H groups in total. The van der Waals surface area contributed by atoms with Crippen LogP contribution in [0.1, 0.15) is 56.7 Å². The van der Waals surface area contributed by atoms with Crippen LogP contribution >= 0.6 is 0 Å². The number of rotatable bonds is 8. The highest BCUT2D eigenvalue weighted by Gasteiger charge is 2.24. The van der Waals surface area contributed by atoms with Crippen molar-refractivity contribution in [2.24, 2.45) is 5.92 Å². The molecule has 1 aliphatic carbocycles. The van der Waals surface area contributed by atoms with E-state index in [0.717, 1.165) is 18.4 Å². The van der Waals surface area contributed by atoms with Crippen LogP contribution in [0, 0.1) is 5.92 Å². The molecule has 2 aromatic carbocycles. The molecule has 0 fully saturated rings. The van der Waals surface area contributed by atoms with E-state index in [0.29, 0.717) is 24.5 Å².